The molecule has 1 aromatic heterocycles. The van der Waals surface area contributed by atoms with Crippen molar-refractivity contribution in [3.8, 4) is 5.69 Å². The molecule has 1 N–H and O–H groups in total. The number of nitrogens with one attached hydrogen (secondary N) is 1. The number of rotatable bonds is 8. The van der Waals surface area contributed by atoms with Crippen LogP contribution < -0.4 is 5.32 Å². The lowest BCUT2D eigenvalue weighted by Gasteiger charge is -2.13. The molecule has 0 aliphatic carbocycles. The van der Waals surface area contributed by atoms with Gasteiger partial charge in [-0.2, -0.15) is 0 Å². The van der Waals surface area contributed by atoms with Crippen molar-refractivity contribution in [3.63, 3.8) is 0 Å². The summed E-state index contributed by atoms with van der Waals surface area (Å²) in [5, 5.41) is 23.9. The van der Waals surface area contributed by atoms with Crippen molar-refractivity contribution in [2.24, 2.45) is 0 Å². The summed E-state index contributed by atoms with van der Waals surface area (Å²) in [5.41, 5.74) is 2.92. The van der Waals surface area contributed by atoms with Crippen molar-refractivity contribution >= 4 is 46.6 Å². The van der Waals surface area contributed by atoms with Gasteiger partial charge in [0.05, 0.1) is 22.2 Å². The number of hydrogen-bond donors (Lipinski definition) is 1. The molecular weight excluding hydrogens is 509 g/mol. The van der Waals surface area contributed by atoms with Crippen molar-refractivity contribution in [1.82, 2.24) is 20.1 Å². The van der Waals surface area contributed by atoms with Crippen LogP contribution in [0.2, 0.25) is 10.0 Å². The molecule has 0 radical (unpaired) electrons. The van der Waals surface area contributed by atoms with E-state index in [2.05, 4.69) is 21.6 Å². The number of amides is 1. The number of aromatic nitrogens is 3. The molecule has 35 heavy (non-hydrogen) atoms. The number of halogens is 2. The molecule has 0 saturated heterocycles. The Balaban J connectivity index is 1.60. The maximum atomic E-state index is 12.7. The lowest BCUT2D eigenvalue weighted by atomic mass is 10.2. The van der Waals surface area contributed by atoms with Crippen LogP contribution in [-0.2, 0) is 12.3 Å². The van der Waals surface area contributed by atoms with Crippen molar-refractivity contribution in [1.29, 1.82) is 0 Å². The highest BCUT2D eigenvalue weighted by Gasteiger charge is 2.19. The lowest BCUT2D eigenvalue weighted by Crippen LogP contribution is -2.24. The summed E-state index contributed by atoms with van der Waals surface area (Å²) in [4.78, 5) is 23.1. The Kier molecular flexibility index (Phi) is 7.70. The number of nitro benzene ring substituents is 1. The van der Waals surface area contributed by atoms with Crippen LogP contribution in [0.3, 0.4) is 0 Å². The van der Waals surface area contributed by atoms with Gasteiger partial charge in [0, 0.05) is 28.5 Å². The van der Waals surface area contributed by atoms with Crippen LogP contribution in [-0.4, -0.2) is 25.6 Å². The van der Waals surface area contributed by atoms with Gasteiger partial charge in [0.1, 0.15) is 0 Å². The van der Waals surface area contributed by atoms with E-state index in [-0.39, 0.29) is 17.8 Å². The first kappa shape index (κ1) is 24.7. The van der Waals surface area contributed by atoms with E-state index in [0.29, 0.717) is 32.5 Å². The summed E-state index contributed by atoms with van der Waals surface area (Å²) in [6, 6.07) is 18.8. The number of non-ortho nitro benzene ring substituents is 1. The second-order valence-electron chi connectivity index (χ2n) is 7.60. The molecule has 0 unspecified atom stereocenters. The second-order valence-corrected chi connectivity index (χ2v) is 9.38. The number of carbonyl (C=O) groups is 1. The van der Waals surface area contributed by atoms with Gasteiger partial charge in [-0.1, -0.05) is 70.9 Å². The highest BCUT2D eigenvalue weighted by atomic mass is 35.5. The molecule has 0 saturated carbocycles. The fraction of sp³-hybridized carbons (Fsp3) is 0.125. The van der Waals surface area contributed by atoms with Gasteiger partial charge in [0.25, 0.3) is 11.6 Å². The molecule has 4 aromatic rings. The van der Waals surface area contributed by atoms with E-state index < -0.39 is 10.8 Å². The van der Waals surface area contributed by atoms with Crippen LogP contribution >= 0.6 is 35.0 Å². The third-order valence-electron chi connectivity index (χ3n) is 5.03. The first-order valence-corrected chi connectivity index (χ1v) is 12.2. The van der Waals surface area contributed by atoms with Gasteiger partial charge in [-0.3, -0.25) is 19.5 Å². The minimum atomic E-state index is -0.548. The third-order valence-corrected chi connectivity index (χ3v) is 6.57. The maximum Gasteiger partial charge on any atom is 0.270 e. The molecule has 8 nitrogen and oxygen atoms in total. The molecule has 0 atom stereocenters. The minimum absolute atomic E-state index is 0.0263. The minimum Gasteiger partial charge on any atom is -0.345 e. The topological polar surface area (TPSA) is 103 Å². The Morgan fingerprint density at radius 3 is 2.63 bits per heavy atom. The Morgan fingerprint density at radius 2 is 1.89 bits per heavy atom. The highest BCUT2D eigenvalue weighted by molar-refractivity contribution is 7.98. The van der Waals surface area contributed by atoms with E-state index in [1.807, 2.05) is 25.1 Å². The zero-order valence-electron chi connectivity index (χ0n) is 18.4. The van der Waals surface area contributed by atoms with E-state index >= 15 is 0 Å². The second kappa shape index (κ2) is 10.9. The average molecular weight is 528 g/mol. The average Bonchev–Trinajstić information content (AvgIpc) is 3.23. The quantitative estimate of drug-likeness (QED) is 0.171. The van der Waals surface area contributed by atoms with Crippen molar-refractivity contribution in [2.45, 2.75) is 24.4 Å². The van der Waals surface area contributed by atoms with Crippen LogP contribution in [0.5, 0.6) is 0 Å². The lowest BCUT2D eigenvalue weighted by molar-refractivity contribution is -0.384. The molecule has 0 fully saturated rings. The van der Waals surface area contributed by atoms with Crippen LogP contribution in [0.1, 0.15) is 27.3 Å². The van der Waals surface area contributed by atoms with Gasteiger partial charge >= 0.3 is 0 Å². The third kappa shape index (κ3) is 6.00. The fourth-order valence-corrected chi connectivity index (χ4v) is 4.78. The maximum absolute atomic E-state index is 12.7. The summed E-state index contributed by atoms with van der Waals surface area (Å²) in [6.45, 7) is 2.06. The van der Waals surface area contributed by atoms with Crippen LogP contribution in [0.25, 0.3) is 5.69 Å². The largest absolute Gasteiger partial charge is 0.345 e. The molecule has 1 heterocycles. The normalized spacial score (nSPS) is 10.8. The van der Waals surface area contributed by atoms with Crippen LogP contribution in [0, 0.1) is 17.0 Å². The predicted molar refractivity (Wildman–Crippen MR) is 136 cm³/mol. The summed E-state index contributed by atoms with van der Waals surface area (Å²) in [6.07, 6.45) is 0. The molecule has 11 heteroatoms. The number of hydrogen-bond acceptors (Lipinski definition) is 6. The summed E-state index contributed by atoms with van der Waals surface area (Å²) < 4.78 is 1.77. The predicted octanol–water partition coefficient (Wildman–Crippen LogP) is 6.01. The first-order valence-electron chi connectivity index (χ1n) is 10.4. The SMILES string of the molecule is Cc1cccc(CSc2nnc(CNC(=O)c3cccc([N+](=O)[O-])c3)n2-c2ccc(Cl)cc2Cl)c1. The molecule has 4 rings (SSSR count). The van der Waals surface area contributed by atoms with Gasteiger partial charge in [-0.25, -0.2) is 0 Å². The summed E-state index contributed by atoms with van der Waals surface area (Å²) in [7, 11) is 0. The Bertz CT molecular complexity index is 1410. The zero-order chi connectivity index (χ0) is 24.9. The molecule has 0 bridgehead atoms. The van der Waals surface area contributed by atoms with Gasteiger partial charge in [-0.15, -0.1) is 10.2 Å². The highest BCUT2D eigenvalue weighted by Crippen LogP contribution is 2.31. The standard InChI is InChI=1S/C24H19Cl2N5O3S/c1-15-4-2-5-16(10-15)14-35-24-29-28-22(30(24)21-9-8-18(25)12-20(21)26)13-27-23(32)17-6-3-7-19(11-17)31(33)34/h2-12H,13-14H2,1H3,(H,27,32). The van der Waals surface area contributed by atoms with E-state index in [0.717, 1.165) is 11.1 Å². The van der Waals surface area contributed by atoms with Crippen molar-refractivity contribution < 1.29 is 9.72 Å². The van der Waals surface area contributed by atoms with Gasteiger partial charge < -0.3 is 5.32 Å². The summed E-state index contributed by atoms with van der Waals surface area (Å²) >= 11 is 14.1. The van der Waals surface area contributed by atoms with Gasteiger partial charge in [0.2, 0.25) is 0 Å². The molecule has 178 valence electrons. The Labute approximate surface area is 215 Å². The van der Waals surface area contributed by atoms with Crippen molar-refractivity contribution in [2.75, 3.05) is 0 Å². The number of thioether (sulfide) groups is 1. The molecular formula is C24H19Cl2N5O3S. The Morgan fingerprint density at radius 1 is 1.09 bits per heavy atom. The van der Waals surface area contributed by atoms with Crippen LogP contribution in [0.15, 0.2) is 71.9 Å². The Hall–Kier alpha value is -3.40. The van der Waals surface area contributed by atoms with E-state index in [4.69, 9.17) is 23.2 Å². The molecule has 0 aliphatic rings. The molecule has 3 aromatic carbocycles. The van der Waals surface area contributed by atoms with Gasteiger partial charge in [-0.05, 0) is 36.8 Å². The molecule has 0 aliphatic heterocycles. The monoisotopic (exact) mass is 527 g/mol. The van der Waals surface area contributed by atoms with E-state index in [1.165, 1.54) is 36.0 Å². The number of carbonyl (C=O) groups excluding carboxylic acids is 1. The first-order chi connectivity index (χ1) is 16.8. The van der Waals surface area contributed by atoms with Crippen molar-refractivity contribution in [3.05, 3.63) is 109 Å². The number of aryl methyl sites for hydroxylation is 1. The van der Waals surface area contributed by atoms with E-state index in [1.54, 1.807) is 22.8 Å². The number of nitrogens with zero attached hydrogens (tertiary/aromatic N) is 4. The molecule has 0 spiro atoms. The zero-order valence-corrected chi connectivity index (χ0v) is 20.8. The van der Waals surface area contributed by atoms with Crippen LogP contribution in [0.4, 0.5) is 5.69 Å². The van der Waals surface area contributed by atoms with Gasteiger partial charge in [0.15, 0.2) is 11.0 Å². The number of benzene rings is 3. The van der Waals surface area contributed by atoms with E-state index in [9.17, 15) is 14.9 Å². The molecule has 1 amide bonds. The smallest absolute Gasteiger partial charge is 0.270 e. The fourth-order valence-electron chi connectivity index (χ4n) is 3.38. The summed E-state index contributed by atoms with van der Waals surface area (Å²) in [5.74, 6) is 0.629. The number of nitro groups is 1.